The van der Waals surface area contributed by atoms with Gasteiger partial charge in [-0.25, -0.2) is 9.59 Å². The highest BCUT2D eigenvalue weighted by Gasteiger charge is 2.17. The van der Waals surface area contributed by atoms with Crippen molar-refractivity contribution in [2.75, 3.05) is 0 Å². The molecule has 19 heavy (non-hydrogen) atoms. The average molecular weight is 282 g/mol. The van der Waals surface area contributed by atoms with Crippen LogP contribution >= 0.6 is 11.6 Å². The zero-order valence-electron chi connectivity index (χ0n) is 9.70. The Labute approximate surface area is 111 Å². The van der Waals surface area contributed by atoms with E-state index in [1.807, 2.05) is 0 Å². The summed E-state index contributed by atoms with van der Waals surface area (Å²) in [5, 5.41) is 12.9. The van der Waals surface area contributed by atoms with Crippen LogP contribution in [0.4, 0.5) is 0 Å². The standard InChI is InChI=1S/C11H8ClN3O4/c1-14-9(16)8(10(17)18)13-15(11(14)19)7-4-2-6(12)3-5-7/h2-5H,1H3,(H,17,18). The highest BCUT2D eigenvalue weighted by Crippen LogP contribution is 2.10. The van der Waals surface area contributed by atoms with Crippen LogP contribution in [0.1, 0.15) is 10.5 Å². The van der Waals surface area contributed by atoms with Gasteiger partial charge in [-0.05, 0) is 24.3 Å². The van der Waals surface area contributed by atoms with Crippen LogP contribution in [0, 0.1) is 0 Å². The SMILES string of the molecule is Cn1c(=O)c(C(=O)O)nn(-c2ccc(Cl)cc2)c1=O. The molecule has 0 aliphatic heterocycles. The lowest BCUT2D eigenvalue weighted by Crippen LogP contribution is -2.42. The van der Waals surface area contributed by atoms with E-state index in [0.717, 1.165) is 4.68 Å². The van der Waals surface area contributed by atoms with Crippen molar-refractivity contribution in [2.24, 2.45) is 7.05 Å². The molecule has 1 aromatic carbocycles. The monoisotopic (exact) mass is 281 g/mol. The molecule has 0 spiro atoms. The zero-order chi connectivity index (χ0) is 14.2. The number of halogens is 1. The lowest BCUT2D eigenvalue weighted by molar-refractivity contribution is 0.0684. The Morgan fingerprint density at radius 3 is 2.37 bits per heavy atom. The van der Waals surface area contributed by atoms with Gasteiger partial charge in [0.2, 0.25) is 5.69 Å². The van der Waals surface area contributed by atoms with Crippen LogP contribution in [0.15, 0.2) is 33.9 Å². The van der Waals surface area contributed by atoms with E-state index < -0.39 is 22.9 Å². The van der Waals surface area contributed by atoms with Gasteiger partial charge in [0.25, 0.3) is 5.56 Å². The summed E-state index contributed by atoms with van der Waals surface area (Å²) in [5.74, 6) is -1.50. The minimum atomic E-state index is -1.50. The number of aromatic nitrogens is 3. The fourth-order valence-corrected chi connectivity index (χ4v) is 1.58. The predicted octanol–water partition coefficient (Wildman–Crippen LogP) is 0.283. The summed E-state index contributed by atoms with van der Waals surface area (Å²) >= 11 is 5.72. The molecule has 0 aliphatic rings. The number of carboxylic acids is 1. The Hall–Kier alpha value is -2.41. The molecule has 0 amide bonds. The maximum absolute atomic E-state index is 11.9. The first-order valence-electron chi connectivity index (χ1n) is 5.11. The molecule has 0 fully saturated rings. The molecule has 0 atom stereocenters. The Balaban J connectivity index is 2.78. The van der Waals surface area contributed by atoms with Crippen molar-refractivity contribution < 1.29 is 9.90 Å². The third-order valence-corrected chi connectivity index (χ3v) is 2.70. The first kappa shape index (κ1) is 13.0. The van der Waals surface area contributed by atoms with Crippen LogP contribution in [0.5, 0.6) is 0 Å². The molecule has 7 nitrogen and oxygen atoms in total. The van der Waals surface area contributed by atoms with Gasteiger partial charge in [0.15, 0.2) is 0 Å². The van der Waals surface area contributed by atoms with Crippen LogP contribution in [0.25, 0.3) is 5.69 Å². The number of nitrogens with zero attached hydrogens (tertiary/aromatic N) is 3. The van der Waals surface area contributed by atoms with Crippen molar-refractivity contribution in [3.8, 4) is 5.69 Å². The van der Waals surface area contributed by atoms with Gasteiger partial charge in [-0.1, -0.05) is 11.6 Å². The highest BCUT2D eigenvalue weighted by molar-refractivity contribution is 6.30. The first-order chi connectivity index (χ1) is 8.91. The Kier molecular flexibility index (Phi) is 3.22. The Bertz CT molecular complexity index is 761. The van der Waals surface area contributed by atoms with Gasteiger partial charge in [0.05, 0.1) is 5.69 Å². The summed E-state index contributed by atoms with van der Waals surface area (Å²) in [6, 6.07) is 6.03. The number of hydrogen-bond donors (Lipinski definition) is 1. The number of benzene rings is 1. The van der Waals surface area contributed by atoms with E-state index in [2.05, 4.69) is 5.10 Å². The summed E-state index contributed by atoms with van der Waals surface area (Å²) < 4.78 is 1.52. The lowest BCUT2D eigenvalue weighted by Gasteiger charge is -2.07. The topological polar surface area (TPSA) is 94.2 Å². The molecule has 0 radical (unpaired) electrons. The summed E-state index contributed by atoms with van der Waals surface area (Å²) in [5.41, 5.74) is -2.11. The smallest absolute Gasteiger partial charge is 0.362 e. The third kappa shape index (κ3) is 2.27. The van der Waals surface area contributed by atoms with E-state index in [-0.39, 0.29) is 0 Å². The van der Waals surface area contributed by atoms with Gasteiger partial charge in [0.1, 0.15) is 0 Å². The molecule has 1 N–H and O–H groups in total. The van der Waals surface area contributed by atoms with Crippen molar-refractivity contribution in [1.29, 1.82) is 0 Å². The van der Waals surface area contributed by atoms with Crippen molar-refractivity contribution in [1.82, 2.24) is 14.3 Å². The fraction of sp³-hybridized carbons (Fsp3) is 0.0909. The van der Waals surface area contributed by atoms with Gasteiger partial charge in [-0.2, -0.15) is 9.78 Å². The summed E-state index contributed by atoms with van der Waals surface area (Å²) in [4.78, 5) is 34.4. The fourth-order valence-electron chi connectivity index (χ4n) is 1.46. The third-order valence-electron chi connectivity index (χ3n) is 2.45. The second kappa shape index (κ2) is 4.69. The van der Waals surface area contributed by atoms with Crippen LogP contribution in [0.2, 0.25) is 5.02 Å². The van der Waals surface area contributed by atoms with Gasteiger partial charge < -0.3 is 5.11 Å². The van der Waals surface area contributed by atoms with Crippen molar-refractivity contribution in [3.63, 3.8) is 0 Å². The van der Waals surface area contributed by atoms with E-state index in [9.17, 15) is 14.4 Å². The second-order valence-electron chi connectivity index (χ2n) is 3.69. The normalized spacial score (nSPS) is 10.4. The maximum atomic E-state index is 11.9. The zero-order valence-corrected chi connectivity index (χ0v) is 10.5. The molecule has 0 saturated heterocycles. The van der Waals surface area contributed by atoms with Crippen molar-refractivity contribution >= 4 is 17.6 Å². The van der Waals surface area contributed by atoms with E-state index in [4.69, 9.17) is 16.7 Å². The molecular formula is C11H8ClN3O4. The first-order valence-corrected chi connectivity index (χ1v) is 5.49. The summed E-state index contributed by atoms with van der Waals surface area (Å²) in [6.07, 6.45) is 0. The summed E-state index contributed by atoms with van der Waals surface area (Å²) in [6.45, 7) is 0. The number of carbonyl (C=O) groups is 1. The molecule has 2 rings (SSSR count). The number of rotatable bonds is 2. The van der Waals surface area contributed by atoms with Gasteiger partial charge in [-0.15, -0.1) is 0 Å². The quantitative estimate of drug-likeness (QED) is 0.853. The Morgan fingerprint density at radius 2 is 1.84 bits per heavy atom. The molecule has 98 valence electrons. The minimum Gasteiger partial charge on any atom is -0.476 e. The van der Waals surface area contributed by atoms with Crippen molar-refractivity contribution in [3.05, 3.63) is 55.8 Å². The van der Waals surface area contributed by atoms with Crippen LogP contribution < -0.4 is 11.2 Å². The number of carboxylic acid groups (broad SMARTS) is 1. The van der Waals surface area contributed by atoms with E-state index in [0.29, 0.717) is 15.3 Å². The minimum absolute atomic E-state index is 0.313. The molecule has 0 bridgehead atoms. The lowest BCUT2D eigenvalue weighted by atomic mass is 10.3. The molecule has 1 heterocycles. The van der Waals surface area contributed by atoms with E-state index in [1.165, 1.54) is 31.3 Å². The number of hydrogen-bond acceptors (Lipinski definition) is 4. The van der Waals surface area contributed by atoms with Gasteiger partial charge >= 0.3 is 11.7 Å². The molecule has 8 heteroatoms. The average Bonchev–Trinajstić information content (AvgIpc) is 2.37. The molecule has 1 aromatic heterocycles. The molecule has 0 saturated carbocycles. The molecule has 0 unspecified atom stereocenters. The predicted molar refractivity (Wildman–Crippen MR) is 67.0 cm³/mol. The van der Waals surface area contributed by atoms with E-state index >= 15 is 0 Å². The molecular weight excluding hydrogens is 274 g/mol. The Morgan fingerprint density at radius 1 is 1.26 bits per heavy atom. The number of aromatic carboxylic acids is 1. The highest BCUT2D eigenvalue weighted by atomic mass is 35.5. The van der Waals surface area contributed by atoms with Crippen LogP contribution in [-0.2, 0) is 7.05 Å². The second-order valence-corrected chi connectivity index (χ2v) is 4.13. The molecule has 0 aliphatic carbocycles. The van der Waals surface area contributed by atoms with Crippen LogP contribution in [-0.4, -0.2) is 25.4 Å². The largest absolute Gasteiger partial charge is 0.476 e. The maximum Gasteiger partial charge on any atom is 0.362 e. The molecule has 2 aromatic rings. The van der Waals surface area contributed by atoms with Gasteiger partial charge in [0, 0.05) is 12.1 Å². The summed E-state index contributed by atoms with van der Waals surface area (Å²) in [7, 11) is 1.19. The van der Waals surface area contributed by atoms with E-state index in [1.54, 1.807) is 0 Å². The van der Waals surface area contributed by atoms with Crippen molar-refractivity contribution in [2.45, 2.75) is 0 Å². The van der Waals surface area contributed by atoms with Crippen LogP contribution in [0.3, 0.4) is 0 Å². The van der Waals surface area contributed by atoms with Gasteiger partial charge in [-0.3, -0.25) is 9.36 Å².